The number of primary amides is 1. The first kappa shape index (κ1) is 22.1. The molecule has 152 valence electrons. The molecule has 0 aliphatic carbocycles. The van der Waals surface area contributed by atoms with Gasteiger partial charge in [0.15, 0.2) is 12.4 Å². The lowest BCUT2D eigenvalue weighted by molar-refractivity contribution is -0.759. The minimum absolute atomic E-state index is 0.253. The zero-order valence-corrected chi connectivity index (χ0v) is 16.6. The third-order valence-electron chi connectivity index (χ3n) is 3.87. The molecule has 1 amide bonds. The molecule has 2 heterocycles. The van der Waals surface area contributed by atoms with Crippen molar-refractivity contribution in [2.45, 2.75) is 44.6 Å². The van der Waals surface area contributed by atoms with Crippen molar-refractivity contribution in [1.82, 2.24) is 0 Å². The molecule has 4 N–H and O–H groups in total. The number of aromatic nitrogens is 1. The maximum absolute atomic E-state index is 11.8. The third-order valence-corrected chi connectivity index (χ3v) is 6.61. The van der Waals surface area contributed by atoms with Crippen LogP contribution in [0.25, 0.3) is 0 Å². The van der Waals surface area contributed by atoms with Gasteiger partial charge in [0.05, 0.1) is 12.2 Å². The molecule has 1 fully saturated rings. The highest BCUT2D eigenvalue weighted by Crippen LogP contribution is 2.60. The summed E-state index contributed by atoms with van der Waals surface area (Å²) in [6.45, 7) is 1.51. The zero-order valence-electron chi connectivity index (χ0n) is 14.8. The van der Waals surface area contributed by atoms with Crippen LogP contribution in [0.3, 0.4) is 0 Å². The van der Waals surface area contributed by atoms with E-state index in [1.54, 1.807) is 29.1 Å². The summed E-state index contributed by atoms with van der Waals surface area (Å²) in [7, 11) is -8.58. The van der Waals surface area contributed by atoms with E-state index in [-0.39, 0.29) is 18.8 Å². The third kappa shape index (κ3) is 6.74. The van der Waals surface area contributed by atoms with Gasteiger partial charge < -0.3 is 20.3 Å². The first-order valence-electron chi connectivity index (χ1n) is 8.08. The number of carbonyl (C=O) groups excluding carboxylic acids is 1. The van der Waals surface area contributed by atoms with E-state index in [1.807, 2.05) is 0 Å². The molecule has 11 nitrogen and oxygen atoms in total. The number of rotatable bonds is 9. The molecule has 13 heteroatoms. The molecule has 1 aliphatic rings. The van der Waals surface area contributed by atoms with Gasteiger partial charge in [-0.2, -0.15) is 8.88 Å². The minimum atomic E-state index is -4.78. The highest BCUT2D eigenvalue weighted by Gasteiger charge is 2.38. The first-order chi connectivity index (χ1) is 12.5. The molecular weight excluding hydrogens is 402 g/mol. The Morgan fingerprint density at radius 1 is 1.41 bits per heavy atom. The van der Waals surface area contributed by atoms with E-state index in [1.165, 1.54) is 6.92 Å². The lowest BCUT2D eigenvalue weighted by Gasteiger charge is -2.20. The lowest BCUT2D eigenvalue weighted by Crippen LogP contribution is -2.40. The van der Waals surface area contributed by atoms with E-state index in [0.29, 0.717) is 18.4 Å². The minimum Gasteiger partial charge on any atom is -0.365 e. The van der Waals surface area contributed by atoms with Gasteiger partial charge >= 0.3 is 15.6 Å². The zero-order chi connectivity index (χ0) is 20.2. The smallest absolute Gasteiger partial charge is 0.365 e. The van der Waals surface area contributed by atoms with Crippen LogP contribution in [0, 0.1) is 0 Å². The van der Waals surface area contributed by atoms with Gasteiger partial charge in [0, 0.05) is 26.0 Å². The number of pyridine rings is 1. The van der Waals surface area contributed by atoms with Gasteiger partial charge in [0.2, 0.25) is 0 Å². The van der Waals surface area contributed by atoms with Crippen LogP contribution in [0.2, 0.25) is 0 Å². The predicted octanol–water partition coefficient (Wildman–Crippen LogP) is 1.41. The molecule has 0 spiro atoms. The molecule has 2 rings (SSSR count). The van der Waals surface area contributed by atoms with Crippen molar-refractivity contribution in [3.8, 4) is 0 Å². The summed E-state index contributed by atoms with van der Waals surface area (Å²) in [6.07, 6.45) is 3.52. The second kappa shape index (κ2) is 8.89. The molecule has 1 saturated heterocycles. The van der Waals surface area contributed by atoms with Crippen molar-refractivity contribution >= 4 is 21.6 Å². The quantitative estimate of drug-likeness (QED) is 0.393. The van der Waals surface area contributed by atoms with Gasteiger partial charge in [-0.1, -0.05) is 0 Å². The van der Waals surface area contributed by atoms with Crippen LogP contribution in [0.5, 0.6) is 0 Å². The largest absolute Gasteiger partial charge is 0.481 e. The second-order valence-corrected chi connectivity index (χ2v) is 9.15. The highest BCUT2D eigenvalue weighted by molar-refractivity contribution is 7.61. The van der Waals surface area contributed by atoms with Crippen molar-refractivity contribution in [2.24, 2.45) is 5.73 Å². The summed E-state index contributed by atoms with van der Waals surface area (Å²) in [4.78, 5) is 29.9. The predicted molar refractivity (Wildman–Crippen MR) is 91.2 cm³/mol. The topological polar surface area (TPSA) is 158 Å². The lowest BCUT2D eigenvalue weighted by atomic mass is 10.1. The van der Waals surface area contributed by atoms with Crippen molar-refractivity contribution in [1.29, 1.82) is 0 Å². The second-order valence-electron chi connectivity index (χ2n) is 6.05. The van der Waals surface area contributed by atoms with Crippen LogP contribution in [-0.4, -0.2) is 35.0 Å². The Labute approximate surface area is 156 Å². The number of nitrogens with two attached hydrogens (primary N) is 1. The maximum Gasteiger partial charge on any atom is 0.481 e. The number of phosphoric ester groups is 2. The van der Waals surface area contributed by atoms with Crippen LogP contribution in [0.4, 0.5) is 0 Å². The molecule has 5 atom stereocenters. The standard InChI is InChI=1S/C14H22N2O9P2/c1-10(24-27(20,21)25-26(18,19)22-2)8-12-5-6-13(23-12)16-7-3-4-11(9-16)14(15)17/h3-4,7,9-10,12-13H,5-6,8H2,1-2H3,(H3-,15,17,18,19,20,21)/p+1/t10-,12?,13?/m0/s1. The van der Waals surface area contributed by atoms with E-state index in [2.05, 4.69) is 8.83 Å². The Hall–Kier alpha value is -1.16. The van der Waals surface area contributed by atoms with Gasteiger partial charge in [0.1, 0.15) is 5.56 Å². The Morgan fingerprint density at radius 2 is 2.11 bits per heavy atom. The molecule has 1 aromatic rings. The first-order valence-corrected chi connectivity index (χ1v) is 11.1. The number of nitrogens with zero attached hydrogens (tertiary/aromatic N) is 1. The highest BCUT2D eigenvalue weighted by atomic mass is 31.3. The summed E-state index contributed by atoms with van der Waals surface area (Å²) in [5.41, 5.74) is 5.62. The summed E-state index contributed by atoms with van der Waals surface area (Å²) in [5, 5.41) is 0. The SMILES string of the molecule is COP(=O)(O)OP(=O)(O)O[C@@H](C)CC1CCC([n+]2cccc(C(N)=O)c2)O1. The Bertz CT molecular complexity index is 775. The van der Waals surface area contributed by atoms with Crippen molar-refractivity contribution < 1.29 is 46.4 Å². The number of hydrogen-bond donors (Lipinski definition) is 3. The fourth-order valence-corrected chi connectivity index (χ4v) is 4.73. The normalized spacial score (nSPS) is 25.5. The molecular formula is C14H23N2O9P2+. The molecule has 0 bridgehead atoms. The van der Waals surface area contributed by atoms with Crippen molar-refractivity contribution in [3.05, 3.63) is 30.1 Å². The van der Waals surface area contributed by atoms with Crippen molar-refractivity contribution in [2.75, 3.05) is 7.11 Å². The number of phosphoric acid groups is 2. The van der Waals surface area contributed by atoms with E-state index in [4.69, 9.17) is 19.9 Å². The summed E-state index contributed by atoms with van der Waals surface area (Å²) in [6, 6.07) is 3.28. The van der Waals surface area contributed by atoms with Gasteiger partial charge in [-0.05, 0) is 19.4 Å². The molecule has 27 heavy (non-hydrogen) atoms. The van der Waals surface area contributed by atoms with Crippen LogP contribution in [-0.2, 0) is 27.2 Å². The number of ether oxygens (including phenoxy) is 1. The van der Waals surface area contributed by atoms with Crippen LogP contribution in [0.1, 0.15) is 42.8 Å². The van der Waals surface area contributed by atoms with Crippen LogP contribution in [0.15, 0.2) is 24.5 Å². The average Bonchev–Trinajstić information content (AvgIpc) is 3.01. The van der Waals surface area contributed by atoms with E-state index in [9.17, 15) is 18.8 Å². The number of amides is 1. The number of carbonyl (C=O) groups is 1. The van der Waals surface area contributed by atoms with Crippen LogP contribution >= 0.6 is 15.6 Å². The molecule has 1 aromatic heterocycles. The van der Waals surface area contributed by atoms with Crippen LogP contribution < -0.4 is 10.3 Å². The van der Waals surface area contributed by atoms with Gasteiger partial charge in [-0.25, -0.2) is 9.13 Å². The average molecular weight is 425 g/mol. The molecule has 0 saturated carbocycles. The van der Waals surface area contributed by atoms with Crippen molar-refractivity contribution in [3.63, 3.8) is 0 Å². The van der Waals surface area contributed by atoms with Gasteiger partial charge in [-0.3, -0.25) is 13.8 Å². The Balaban J connectivity index is 1.90. The fraction of sp³-hybridized carbons (Fsp3) is 0.571. The fourth-order valence-electron chi connectivity index (χ4n) is 2.72. The van der Waals surface area contributed by atoms with E-state index < -0.39 is 27.7 Å². The molecule has 1 aliphatic heterocycles. The summed E-state index contributed by atoms with van der Waals surface area (Å²) < 4.78 is 43.7. The van der Waals surface area contributed by atoms with E-state index >= 15 is 0 Å². The monoisotopic (exact) mass is 425 g/mol. The Morgan fingerprint density at radius 3 is 2.74 bits per heavy atom. The van der Waals surface area contributed by atoms with Gasteiger partial charge in [0.25, 0.3) is 12.1 Å². The van der Waals surface area contributed by atoms with E-state index in [0.717, 1.165) is 7.11 Å². The molecule has 4 unspecified atom stereocenters. The van der Waals surface area contributed by atoms with Gasteiger partial charge in [-0.15, -0.1) is 0 Å². The Kier molecular flexibility index (Phi) is 7.29. The molecule has 0 radical (unpaired) electrons. The maximum atomic E-state index is 11.8. The summed E-state index contributed by atoms with van der Waals surface area (Å²) in [5.74, 6) is -0.545. The summed E-state index contributed by atoms with van der Waals surface area (Å²) >= 11 is 0. The number of hydrogen-bond acceptors (Lipinski definition) is 7. The molecule has 0 aromatic carbocycles.